The van der Waals surface area contributed by atoms with E-state index in [0.717, 1.165) is 27.9 Å². The van der Waals surface area contributed by atoms with Crippen molar-refractivity contribution in [1.29, 1.82) is 0 Å². The zero-order chi connectivity index (χ0) is 14.2. The number of para-hydroxylation sites is 1. The van der Waals surface area contributed by atoms with Gasteiger partial charge in [-0.3, -0.25) is 4.98 Å². The van der Waals surface area contributed by atoms with E-state index >= 15 is 0 Å². The molecule has 0 fully saturated rings. The van der Waals surface area contributed by atoms with Crippen LogP contribution in [0.3, 0.4) is 0 Å². The summed E-state index contributed by atoms with van der Waals surface area (Å²) in [5, 5.41) is 2.43. The standard InChI is InChI=1S/C18H15N3/c19-11-12-4-3-5-13(10-12)17-18-15(8-9-20-17)14-6-1-2-7-16(14)21-18/h1-10,21H,11,19H2. The molecular formula is C18H15N3. The summed E-state index contributed by atoms with van der Waals surface area (Å²) in [6, 6.07) is 18.6. The molecule has 2 aromatic carbocycles. The van der Waals surface area contributed by atoms with Crippen LogP contribution in [0.5, 0.6) is 0 Å². The highest BCUT2D eigenvalue weighted by Gasteiger charge is 2.10. The van der Waals surface area contributed by atoms with Crippen LogP contribution in [0.1, 0.15) is 5.56 Å². The minimum absolute atomic E-state index is 0.538. The van der Waals surface area contributed by atoms with Crippen LogP contribution in [-0.4, -0.2) is 9.97 Å². The topological polar surface area (TPSA) is 54.7 Å². The van der Waals surface area contributed by atoms with Gasteiger partial charge in [-0.25, -0.2) is 0 Å². The van der Waals surface area contributed by atoms with Crippen LogP contribution in [0.2, 0.25) is 0 Å². The molecule has 21 heavy (non-hydrogen) atoms. The van der Waals surface area contributed by atoms with E-state index in [-0.39, 0.29) is 0 Å². The number of hydrogen-bond acceptors (Lipinski definition) is 2. The summed E-state index contributed by atoms with van der Waals surface area (Å²) >= 11 is 0. The fraction of sp³-hybridized carbons (Fsp3) is 0.0556. The molecule has 0 aliphatic carbocycles. The van der Waals surface area contributed by atoms with Crippen molar-refractivity contribution < 1.29 is 0 Å². The van der Waals surface area contributed by atoms with Gasteiger partial charge < -0.3 is 10.7 Å². The Bertz CT molecular complexity index is 937. The van der Waals surface area contributed by atoms with Crippen LogP contribution in [-0.2, 0) is 6.54 Å². The minimum atomic E-state index is 0.538. The summed E-state index contributed by atoms with van der Waals surface area (Å²) in [5.74, 6) is 0. The summed E-state index contributed by atoms with van der Waals surface area (Å²) in [6.45, 7) is 0.538. The zero-order valence-electron chi connectivity index (χ0n) is 11.5. The van der Waals surface area contributed by atoms with Gasteiger partial charge in [-0.2, -0.15) is 0 Å². The molecule has 0 bridgehead atoms. The second kappa shape index (κ2) is 4.72. The number of H-pyrrole nitrogens is 1. The number of nitrogens with two attached hydrogens (primary N) is 1. The van der Waals surface area contributed by atoms with E-state index in [9.17, 15) is 0 Å². The Morgan fingerprint density at radius 1 is 0.952 bits per heavy atom. The maximum absolute atomic E-state index is 5.74. The Morgan fingerprint density at radius 3 is 2.76 bits per heavy atom. The molecule has 2 heterocycles. The third kappa shape index (κ3) is 1.90. The molecule has 0 atom stereocenters. The van der Waals surface area contributed by atoms with E-state index in [1.165, 1.54) is 10.8 Å². The van der Waals surface area contributed by atoms with Crippen LogP contribution < -0.4 is 5.73 Å². The van der Waals surface area contributed by atoms with Crippen molar-refractivity contribution in [1.82, 2.24) is 9.97 Å². The number of fused-ring (bicyclic) bond motifs is 3. The predicted molar refractivity (Wildman–Crippen MR) is 86.9 cm³/mol. The van der Waals surface area contributed by atoms with Crippen molar-refractivity contribution in [2.24, 2.45) is 5.73 Å². The maximum atomic E-state index is 5.74. The first-order valence-corrected chi connectivity index (χ1v) is 7.01. The maximum Gasteiger partial charge on any atom is 0.0943 e. The normalized spacial score (nSPS) is 11.3. The molecule has 0 amide bonds. The first kappa shape index (κ1) is 12.1. The number of aromatic amines is 1. The van der Waals surface area contributed by atoms with Gasteiger partial charge in [-0.1, -0.05) is 36.4 Å². The number of benzene rings is 2. The molecule has 3 heteroatoms. The monoisotopic (exact) mass is 273 g/mol. The lowest BCUT2D eigenvalue weighted by Gasteiger charge is -2.04. The van der Waals surface area contributed by atoms with Crippen LogP contribution in [0.4, 0.5) is 0 Å². The average Bonchev–Trinajstić information content (AvgIpc) is 2.93. The Hall–Kier alpha value is -2.65. The first-order valence-electron chi connectivity index (χ1n) is 7.01. The predicted octanol–water partition coefficient (Wildman–Crippen LogP) is 3.84. The second-order valence-corrected chi connectivity index (χ2v) is 5.16. The molecule has 0 unspecified atom stereocenters. The van der Waals surface area contributed by atoms with Crippen molar-refractivity contribution >= 4 is 21.8 Å². The van der Waals surface area contributed by atoms with Gasteiger partial charge >= 0.3 is 0 Å². The summed E-state index contributed by atoms with van der Waals surface area (Å²) in [7, 11) is 0. The highest BCUT2D eigenvalue weighted by Crippen LogP contribution is 2.31. The van der Waals surface area contributed by atoms with Gasteiger partial charge in [0.25, 0.3) is 0 Å². The number of rotatable bonds is 2. The van der Waals surface area contributed by atoms with E-state index in [0.29, 0.717) is 6.54 Å². The van der Waals surface area contributed by atoms with Crippen molar-refractivity contribution in [2.75, 3.05) is 0 Å². The summed E-state index contributed by atoms with van der Waals surface area (Å²) in [4.78, 5) is 8.06. The molecular weight excluding hydrogens is 258 g/mol. The van der Waals surface area contributed by atoms with Gasteiger partial charge in [-0.15, -0.1) is 0 Å². The molecule has 2 aromatic heterocycles. The third-order valence-corrected chi connectivity index (χ3v) is 3.86. The van der Waals surface area contributed by atoms with Gasteiger partial charge in [0, 0.05) is 34.6 Å². The van der Waals surface area contributed by atoms with Gasteiger partial charge in [0.15, 0.2) is 0 Å². The van der Waals surface area contributed by atoms with Gasteiger partial charge in [0.2, 0.25) is 0 Å². The van der Waals surface area contributed by atoms with E-state index in [1.54, 1.807) is 0 Å². The lowest BCUT2D eigenvalue weighted by atomic mass is 10.1. The smallest absolute Gasteiger partial charge is 0.0943 e. The average molecular weight is 273 g/mol. The SMILES string of the molecule is NCc1cccc(-c2nccc3c2[nH]c2ccccc23)c1. The van der Waals surface area contributed by atoms with E-state index in [4.69, 9.17) is 5.73 Å². The Labute approximate surface area is 122 Å². The summed E-state index contributed by atoms with van der Waals surface area (Å²) < 4.78 is 0. The van der Waals surface area contributed by atoms with Crippen molar-refractivity contribution in [2.45, 2.75) is 6.54 Å². The van der Waals surface area contributed by atoms with E-state index < -0.39 is 0 Å². The summed E-state index contributed by atoms with van der Waals surface area (Å²) in [5.41, 5.74) is 11.1. The molecule has 0 saturated heterocycles. The fourth-order valence-corrected chi connectivity index (χ4v) is 2.84. The van der Waals surface area contributed by atoms with Crippen molar-refractivity contribution in [3.63, 3.8) is 0 Å². The molecule has 0 saturated carbocycles. The van der Waals surface area contributed by atoms with Crippen LogP contribution in [0.25, 0.3) is 33.1 Å². The number of aromatic nitrogens is 2. The van der Waals surface area contributed by atoms with Gasteiger partial charge in [0.05, 0.1) is 11.2 Å². The number of pyridine rings is 1. The number of hydrogen-bond donors (Lipinski definition) is 2. The highest BCUT2D eigenvalue weighted by molar-refractivity contribution is 6.10. The third-order valence-electron chi connectivity index (χ3n) is 3.86. The molecule has 0 aliphatic heterocycles. The molecule has 0 aliphatic rings. The van der Waals surface area contributed by atoms with E-state index in [1.807, 2.05) is 24.4 Å². The lowest BCUT2D eigenvalue weighted by molar-refractivity contribution is 1.07. The Kier molecular flexibility index (Phi) is 2.72. The van der Waals surface area contributed by atoms with Crippen molar-refractivity contribution in [3.8, 4) is 11.3 Å². The Balaban J connectivity index is 2.04. The molecule has 3 N–H and O–H groups in total. The molecule has 4 rings (SSSR count). The second-order valence-electron chi connectivity index (χ2n) is 5.16. The van der Waals surface area contributed by atoms with Crippen LogP contribution in [0, 0.1) is 0 Å². The number of nitrogens with one attached hydrogen (secondary N) is 1. The van der Waals surface area contributed by atoms with Crippen LogP contribution >= 0.6 is 0 Å². The van der Waals surface area contributed by atoms with Gasteiger partial charge in [0.1, 0.15) is 0 Å². The molecule has 3 nitrogen and oxygen atoms in total. The molecule has 4 aromatic rings. The van der Waals surface area contributed by atoms with E-state index in [2.05, 4.69) is 46.4 Å². The highest BCUT2D eigenvalue weighted by atomic mass is 14.8. The lowest BCUT2D eigenvalue weighted by Crippen LogP contribution is -1.96. The van der Waals surface area contributed by atoms with Crippen molar-refractivity contribution in [3.05, 3.63) is 66.4 Å². The largest absolute Gasteiger partial charge is 0.353 e. The fourth-order valence-electron chi connectivity index (χ4n) is 2.84. The molecule has 102 valence electrons. The van der Waals surface area contributed by atoms with Crippen LogP contribution in [0.15, 0.2) is 60.8 Å². The summed E-state index contributed by atoms with van der Waals surface area (Å²) in [6.07, 6.45) is 1.87. The van der Waals surface area contributed by atoms with Gasteiger partial charge in [-0.05, 0) is 23.8 Å². The zero-order valence-corrected chi connectivity index (χ0v) is 11.5. The Morgan fingerprint density at radius 2 is 1.86 bits per heavy atom. The quantitative estimate of drug-likeness (QED) is 0.583. The molecule has 0 radical (unpaired) electrons. The number of nitrogens with zero attached hydrogens (tertiary/aromatic N) is 1. The minimum Gasteiger partial charge on any atom is -0.353 e. The molecule has 0 spiro atoms. The first-order chi connectivity index (χ1) is 10.4.